The van der Waals surface area contributed by atoms with Crippen molar-refractivity contribution in [1.82, 2.24) is 0 Å². The molecule has 5 nitrogen and oxygen atoms in total. The summed E-state index contributed by atoms with van der Waals surface area (Å²) in [6.07, 6.45) is 5.29. The summed E-state index contributed by atoms with van der Waals surface area (Å²) in [5.74, 6) is 1.45. The summed E-state index contributed by atoms with van der Waals surface area (Å²) in [5, 5.41) is 3.10. The summed E-state index contributed by atoms with van der Waals surface area (Å²) in [4.78, 5) is 11.9. The van der Waals surface area contributed by atoms with E-state index >= 15 is 0 Å². The van der Waals surface area contributed by atoms with Gasteiger partial charge in [0.15, 0.2) is 11.5 Å². The summed E-state index contributed by atoms with van der Waals surface area (Å²) in [7, 11) is 0. The van der Waals surface area contributed by atoms with E-state index in [1.807, 2.05) is 0 Å². The summed E-state index contributed by atoms with van der Waals surface area (Å²) < 4.78 is 16.2. The second-order valence-electron chi connectivity index (χ2n) is 4.67. The van der Waals surface area contributed by atoms with Gasteiger partial charge in [0.2, 0.25) is 5.91 Å². The van der Waals surface area contributed by atoms with Gasteiger partial charge < -0.3 is 19.2 Å². The smallest absolute Gasteiger partial charge is 0.248 e. The lowest BCUT2D eigenvalue weighted by Crippen LogP contribution is -2.08. The number of halogens is 1. The molecule has 2 aromatic rings. The van der Waals surface area contributed by atoms with Gasteiger partial charge in [-0.05, 0) is 18.2 Å². The fourth-order valence-electron chi connectivity index (χ4n) is 2.00. The summed E-state index contributed by atoms with van der Waals surface area (Å²) in [6.45, 7) is 1.15. The van der Waals surface area contributed by atoms with Gasteiger partial charge in [0.05, 0.1) is 30.2 Å². The van der Waals surface area contributed by atoms with Crippen molar-refractivity contribution in [3.05, 3.63) is 47.4 Å². The number of amides is 1. The van der Waals surface area contributed by atoms with Crippen molar-refractivity contribution in [2.24, 2.45) is 0 Å². The molecule has 0 spiro atoms. The molecule has 1 amide bonds. The highest BCUT2D eigenvalue weighted by atomic mass is 35.5. The van der Waals surface area contributed by atoms with Gasteiger partial charge in [0.25, 0.3) is 0 Å². The molecule has 6 heteroatoms. The Morgan fingerprint density at radius 2 is 2.00 bits per heavy atom. The molecule has 0 bridgehead atoms. The van der Waals surface area contributed by atoms with Crippen LogP contribution in [-0.2, 0) is 4.79 Å². The Morgan fingerprint density at radius 1 is 1.23 bits per heavy atom. The second kappa shape index (κ2) is 6.58. The van der Waals surface area contributed by atoms with Crippen LogP contribution in [0.3, 0.4) is 0 Å². The van der Waals surface area contributed by atoms with Crippen LogP contribution < -0.4 is 14.8 Å². The number of benzene rings is 1. The van der Waals surface area contributed by atoms with Gasteiger partial charge in [-0.1, -0.05) is 11.6 Å². The number of fused-ring (bicyclic) bond motifs is 1. The lowest BCUT2D eigenvalue weighted by Gasteiger charge is -2.11. The van der Waals surface area contributed by atoms with Crippen LogP contribution in [0.1, 0.15) is 12.2 Å². The van der Waals surface area contributed by atoms with Crippen LogP contribution in [0.15, 0.2) is 41.0 Å². The molecule has 0 saturated carbocycles. The van der Waals surface area contributed by atoms with Gasteiger partial charge in [-0.15, -0.1) is 0 Å². The van der Waals surface area contributed by atoms with E-state index in [2.05, 4.69) is 5.32 Å². The monoisotopic (exact) mass is 319 g/mol. The molecule has 1 aromatic carbocycles. The number of hydrogen-bond acceptors (Lipinski definition) is 4. The van der Waals surface area contributed by atoms with E-state index in [0.29, 0.717) is 41.2 Å². The van der Waals surface area contributed by atoms with E-state index in [9.17, 15) is 4.79 Å². The summed E-state index contributed by atoms with van der Waals surface area (Å²) in [6, 6.07) is 6.82. The van der Waals surface area contributed by atoms with Crippen LogP contribution in [0.5, 0.6) is 11.5 Å². The minimum absolute atomic E-state index is 0.312. The third-order valence-electron chi connectivity index (χ3n) is 3.04. The third-order valence-corrected chi connectivity index (χ3v) is 3.35. The first-order chi connectivity index (χ1) is 10.7. The number of anilines is 1. The quantitative estimate of drug-likeness (QED) is 0.875. The van der Waals surface area contributed by atoms with Gasteiger partial charge in [-0.2, -0.15) is 0 Å². The van der Waals surface area contributed by atoms with Crippen molar-refractivity contribution >= 4 is 29.3 Å². The molecule has 1 aromatic heterocycles. The number of hydrogen-bond donors (Lipinski definition) is 1. The largest absolute Gasteiger partial charge is 0.490 e. The van der Waals surface area contributed by atoms with Crippen LogP contribution >= 0.6 is 11.6 Å². The van der Waals surface area contributed by atoms with Gasteiger partial charge >= 0.3 is 0 Å². The predicted octanol–water partition coefficient (Wildman–Crippen LogP) is 3.75. The molecule has 114 valence electrons. The molecule has 1 N–H and O–H groups in total. The number of rotatable bonds is 3. The Labute approximate surface area is 132 Å². The van der Waals surface area contributed by atoms with Crippen LogP contribution in [-0.4, -0.2) is 19.1 Å². The van der Waals surface area contributed by atoms with Crippen LogP contribution in [0.4, 0.5) is 5.69 Å². The van der Waals surface area contributed by atoms with Crippen LogP contribution in [0, 0.1) is 0 Å². The molecule has 0 aliphatic carbocycles. The minimum atomic E-state index is -0.312. The molecule has 0 atom stereocenters. The maximum atomic E-state index is 11.9. The van der Waals surface area contributed by atoms with E-state index in [0.717, 1.165) is 6.42 Å². The fourth-order valence-corrected chi connectivity index (χ4v) is 2.20. The molecule has 0 fully saturated rings. The van der Waals surface area contributed by atoms with Gasteiger partial charge in [0, 0.05) is 24.6 Å². The number of furan rings is 1. The zero-order valence-electron chi connectivity index (χ0n) is 11.7. The molecule has 1 aliphatic heterocycles. The molecule has 1 aliphatic rings. The zero-order chi connectivity index (χ0) is 15.4. The average Bonchev–Trinajstić information content (AvgIpc) is 2.92. The molecule has 0 saturated heterocycles. The second-order valence-corrected chi connectivity index (χ2v) is 5.07. The van der Waals surface area contributed by atoms with E-state index in [-0.39, 0.29) is 5.91 Å². The SMILES string of the molecule is O=C(C=Cc1ccco1)Nc1cc2c(cc1Cl)OCCCO2. The number of ether oxygens (including phenoxy) is 2. The van der Waals surface area contributed by atoms with Crippen molar-refractivity contribution in [3.8, 4) is 11.5 Å². The van der Waals surface area contributed by atoms with Crippen molar-refractivity contribution < 1.29 is 18.7 Å². The van der Waals surface area contributed by atoms with Gasteiger partial charge in [-0.3, -0.25) is 4.79 Å². The van der Waals surface area contributed by atoms with Crippen molar-refractivity contribution in [2.45, 2.75) is 6.42 Å². The normalized spacial score (nSPS) is 13.9. The Balaban J connectivity index is 1.74. The van der Waals surface area contributed by atoms with Crippen LogP contribution in [0.2, 0.25) is 5.02 Å². The number of carbonyl (C=O) groups excluding carboxylic acids is 1. The van der Waals surface area contributed by atoms with Crippen molar-refractivity contribution in [3.63, 3.8) is 0 Å². The highest BCUT2D eigenvalue weighted by Gasteiger charge is 2.15. The highest BCUT2D eigenvalue weighted by molar-refractivity contribution is 6.34. The summed E-state index contributed by atoms with van der Waals surface area (Å²) in [5.41, 5.74) is 0.472. The predicted molar refractivity (Wildman–Crippen MR) is 83.4 cm³/mol. The minimum Gasteiger partial charge on any atom is -0.490 e. The highest BCUT2D eigenvalue weighted by Crippen LogP contribution is 2.37. The van der Waals surface area contributed by atoms with Crippen LogP contribution in [0.25, 0.3) is 6.08 Å². The zero-order valence-corrected chi connectivity index (χ0v) is 12.4. The first-order valence-electron chi connectivity index (χ1n) is 6.84. The molecule has 0 unspecified atom stereocenters. The maximum absolute atomic E-state index is 11.9. The molecule has 0 radical (unpaired) electrons. The maximum Gasteiger partial charge on any atom is 0.248 e. The van der Waals surface area contributed by atoms with E-state index < -0.39 is 0 Å². The average molecular weight is 320 g/mol. The molecule has 22 heavy (non-hydrogen) atoms. The first-order valence-corrected chi connectivity index (χ1v) is 7.22. The topological polar surface area (TPSA) is 60.7 Å². The molecule has 3 rings (SSSR count). The lowest BCUT2D eigenvalue weighted by atomic mass is 10.2. The van der Waals surface area contributed by atoms with E-state index in [1.54, 1.807) is 30.3 Å². The number of carbonyl (C=O) groups is 1. The third kappa shape index (κ3) is 3.43. The van der Waals surface area contributed by atoms with Crippen molar-refractivity contribution in [1.29, 1.82) is 0 Å². The Bertz CT molecular complexity index is 694. The number of nitrogens with one attached hydrogen (secondary N) is 1. The molecular weight excluding hydrogens is 306 g/mol. The Kier molecular flexibility index (Phi) is 4.34. The molecular formula is C16H14ClNO4. The van der Waals surface area contributed by atoms with Gasteiger partial charge in [0.1, 0.15) is 5.76 Å². The lowest BCUT2D eigenvalue weighted by molar-refractivity contribution is -0.111. The molecule has 2 heterocycles. The standard InChI is InChI=1S/C16H14ClNO4/c17-12-9-14-15(22-8-2-7-21-14)10-13(12)18-16(19)5-4-11-3-1-6-20-11/h1,3-6,9-10H,2,7-8H2,(H,18,19). The summed E-state index contributed by atoms with van der Waals surface area (Å²) >= 11 is 6.17. The van der Waals surface area contributed by atoms with Gasteiger partial charge in [-0.25, -0.2) is 0 Å². The van der Waals surface area contributed by atoms with Crippen molar-refractivity contribution in [2.75, 3.05) is 18.5 Å². The Hall–Kier alpha value is -2.40. The van der Waals surface area contributed by atoms with E-state index in [4.69, 9.17) is 25.5 Å². The van der Waals surface area contributed by atoms with E-state index in [1.165, 1.54) is 12.3 Å². The first kappa shape index (κ1) is 14.5. The fraction of sp³-hybridized carbons (Fsp3) is 0.188. The Morgan fingerprint density at radius 3 is 2.73 bits per heavy atom.